The number of carbonyl (C=O) groups is 2. The summed E-state index contributed by atoms with van der Waals surface area (Å²) < 4.78 is 11.0. The second-order valence-corrected chi connectivity index (χ2v) is 6.32. The first-order valence-corrected chi connectivity index (χ1v) is 8.32. The minimum absolute atomic E-state index is 0.159. The molecule has 132 valence electrons. The average molecular weight is 343 g/mol. The van der Waals surface area contributed by atoms with Gasteiger partial charge in [0.1, 0.15) is 5.76 Å². The van der Waals surface area contributed by atoms with Gasteiger partial charge in [0.2, 0.25) is 0 Å². The molecule has 2 N–H and O–H groups in total. The Morgan fingerprint density at radius 3 is 2.56 bits per heavy atom. The zero-order chi connectivity index (χ0) is 17.9. The van der Waals surface area contributed by atoms with Crippen molar-refractivity contribution < 1.29 is 23.8 Å². The van der Waals surface area contributed by atoms with Crippen molar-refractivity contribution in [1.29, 1.82) is 0 Å². The van der Waals surface area contributed by atoms with Gasteiger partial charge >= 0.3 is 5.97 Å². The van der Waals surface area contributed by atoms with Crippen molar-refractivity contribution in [3.05, 3.63) is 47.7 Å². The van der Waals surface area contributed by atoms with Gasteiger partial charge in [0, 0.05) is 12.2 Å². The van der Waals surface area contributed by atoms with Crippen LogP contribution in [-0.4, -0.2) is 35.7 Å². The van der Waals surface area contributed by atoms with Crippen molar-refractivity contribution in [3.63, 3.8) is 0 Å². The normalized spacial score (nSPS) is 19.7. The van der Waals surface area contributed by atoms with Crippen LogP contribution in [0.1, 0.15) is 35.9 Å². The Labute approximate surface area is 145 Å². The van der Waals surface area contributed by atoms with Crippen molar-refractivity contribution in [2.45, 2.75) is 31.7 Å². The maximum Gasteiger partial charge on any atom is 0.305 e. The highest BCUT2D eigenvalue weighted by Crippen LogP contribution is 2.26. The first-order chi connectivity index (χ1) is 12.0. The van der Waals surface area contributed by atoms with Crippen LogP contribution >= 0.6 is 0 Å². The Morgan fingerprint density at radius 2 is 1.96 bits per heavy atom. The molecule has 2 aromatic rings. The maximum absolute atomic E-state index is 12.5. The summed E-state index contributed by atoms with van der Waals surface area (Å²) in [7, 11) is 0. The number of carboxylic acids is 1. The molecule has 25 heavy (non-hydrogen) atoms. The number of aliphatic carboxylic acids is 1. The minimum atomic E-state index is -0.970. The fourth-order valence-corrected chi connectivity index (χ4v) is 3.00. The molecular formula is C19H21NO5. The number of nitrogens with one attached hydrogen (secondary N) is 1. The molecule has 6 nitrogen and oxygen atoms in total. The molecule has 1 aromatic carbocycles. The molecule has 0 spiro atoms. The number of hydrogen-bond acceptors (Lipinski definition) is 4. The molecular weight excluding hydrogens is 322 g/mol. The molecule has 1 unspecified atom stereocenters. The van der Waals surface area contributed by atoms with Gasteiger partial charge in [0.25, 0.3) is 5.91 Å². The standard InChI is InChI=1S/C19H21NO5/c1-2-13-3-5-14(6-4-13)15-7-8-16(25-15)18(23)20-19(11-17(21)22)9-10-24-12-19/h3-8H,2,9-12H2,1H3,(H,20,23)(H,21,22). The van der Waals surface area contributed by atoms with E-state index in [1.165, 1.54) is 5.56 Å². The van der Waals surface area contributed by atoms with E-state index in [0.29, 0.717) is 18.8 Å². The van der Waals surface area contributed by atoms with E-state index < -0.39 is 17.4 Å². The molecule has 1 aromatic heterocycles. The summed E-state index contributed by atoms with van der Waals surface area (Å²) in [4.78, 5) is 23.6. The summed E-state index contributed by atoms with van der Waals surface area (Å²) in [5.74, 6) is -0.640. The fraction of sp³-hybridized carbons (Fsp3) is 0.368. The third-order valence-corrected chi connectivity index (χ3v) is 4.45. The number of ether oxygens (including phenoxy) is 1. The predicted octanol–water partition coefficient (Wildman–Crippen LogP) is 2.87. The highest BCUT2D eigenvalue weighted by atomic mass is 16.5. The first-order valence-electron chi connectivity index (χ1n) is 8.32. The Hall–Kier alpha value is -2.60. The van der Waals surface area contributed by atoms with E-state index in [1.807, 2.05) is 24.3 Å². The number of amides is 1. The van der Waals surface area contributed by atoms with Gasteiger partial charge in [0.05, 0.1) is 18.6 Å². The van der Waals surface area contributed by atoms with Crippen LogP contribution in [-0.2, 0) is 16.0 Å². The molecule has 1 aliphatic rings. The molecule has 0 saturated carbocycles. The summed E-state index contributed by atoms with van der Waals surface area (Å²) in [6.45, 7) is 2.71. The molecule has 0 radical (unpaired) electrons. The minimum Gasteiger partial charge on any atom is -0.481 e. The lowest BCUT2D eigenvalue weighted by molar-refractivity contribution is -0.138. The SMILES string of the molecule is CCc1ccc(-c2ccc(C(=O)NC3(CC(=O)O)CCOC3)o2)cc1. The molecule has 1 fully saturated rings. The zero-order valence-corrected chi connectivity index (χ0v) is 14.1. The average Bonchev–Trinajstić information content (AvgIpc) is 3.24. The van der Waals surface area contributed by atoms with E-state index in [-0.39, 0.29) is 18.8 Å². The summed E-state index contributed by atoms with van der Waals surface area (Å²) in [5, 5.41) is 11.9. The van der Waals surface area contributed by atoms with E-state index in [9.17, 15) is 9.59 Å². The van der Waals surface area contributed by atoms with Gasteiger partial charge in [-0.1, -0.05) is 31.2 Å². The number of hydrogen-bond donors (Lipinski definition) is 2. The van der Waals surface area contributed by atoms with Crippen LogP contribution in [0, 0.1) is 0 Å². The van der Waals surface area contributed by atoms with Crippen LogP contribution in [0.4, 0.5) is 0 Å². The summed E-state index contributed by atoms with van der Waals surface area (Å²) >= 11 is 0. The number of carboxylic acid groups (broad SMARTS) is 1. The summed E-state index contributed by atoms with van der Waals surface area (Å²) in [6.07, 6.45) is 1.25. The van der Waals surface area contributed by atoms with Crippen molar-refractivity contribution in [2.24, 2.45) is 0 Å². The van der Waals surface area contributed by atoms with Gasteiger partial charge in [-0.25, -0.2) is 0 Å². The van der Waals surface area contributed by atoms with Crippen molar-refractivity contribution >= 4 is 11.9 Å². The number of carbonyl (C=O) groups excluding carboxylic acids is 1. The van der Waals surface area contributed by atoms with E-state index in [2.05, 4.69) is 12.2 Å². The van der Waals surface area contributed by atoms with Gasteiger partial charge < -0.3 is 19.6 Å². The third kappa shape index (κ3) is 3.91. The van der Waals surface area contributed by atoms with Gasteiger partial charge in [-0.3, -0.25) is 9.59 Å². The second kappa shape index (κ2) is 7.11. The maximum atomic E-state index is 12.5. The molecule has 0 bridgehead atoms. The predicted molar refractivity (Wildman–Crippen MR) is 91.4 cm³/mol. The molecule has 6 heteroatoms. The molecule has 1 atom stereocenters. The lowest BCUT2D eigenvalue weighted by atomic mass is 9.94. The van der Waals surface area contributed by atoms with Gasteiger partial charge in [-0.05, 0) is 30.5 Å². The van der Waals surface area contributed by atoms with Crippen molar-refractivity contribution in [3.8, 4) is 11.3 Å². The van der Waals surface area contributed by atoms with Gasteiger partial charge in [0.15, 0.2) is 5.76 Å². The van der Waals surface area contributed by atoms with Crippen LogP contribution in [0.5, 0.6) is 0 Å². The molecule has 0 aliphatic carbocycles. The molecule has 1 aliphatic heterocycles. The quantitative estimate of drug-likeness (QED) is 0.842. The topological polar surface area (TPSA) is 88.8 Å². The summed E-state index contributed by atoms with van der Waals surface area (Å²) in [5.41, 5.74) is 1.24. The Morgan fingerprint density at radius 1 is 1.20 bits per heavy atom. The van der Waals surface area contributed by atoms with Crippen molar-refractivity contribution in [1.82, 2.24) is 5.32 Å². The largest absolute Gasteiger partial charge is 0.481 e. The van der Waals surface area contributed by atoms with Crippen LogP contribution in [0.15, 0.2) is 40.8 Å². The Bertz CT molecular complexity index is 756. The summed E-state index contributed by atoms with van der Waals surface area (Å²) in [6, 6.07) is 11.3. The number of furan rings is 1. The van der Waals surface area contributed by atoms with Gasteiger partial charge in [-0.2, -0.15) is 0 Å². The van der Waals surface area contributed by atoms with Gasteiger partial charge in [-0.15, -0.1) is 0 Å². The van der Waals surface area contributed by atoms with E-state index in [0.717, 1.165) is 12.0 Å². The fourth-order valence-electron chi connectivity index (χ4n) is 3.00. The zero-order valence-electron chi connectivity index (χ0n) is 14.1. The van der Waals surface area contributed by atoms with Crippen LogP contribution < -0.4 is 5.32 Å². The lowest BCUT2D eigenvalue weighted by Crippen LogP contribution is -2.50. The van der Waals surface area contributed by atoms with E-state index in [1.54, 1.807) is 12.1 Å². The second-order valence-electron chi connectivity index (χ2n) is 6.32. The van der Waals surface area contributed by atoms with Crippen LogP contribution in [0.25, 0.3) is 11.3 Å². The number of aryl methyl sites for hydroxylation is 1. The third-order valence-electron chi connectivity index (χ3n) is 4.45. The number of rotatable bonds is 6. The van der Waals surface area contributed by atoms with E-state index in [4.69, 9.17) is 14.3 Å². The first kappa shape index (κ1) is 17.2. The lowest BCUT2D eigenvalue weighted by Gasteiger charge is -2.26. The highest BCUT2D eigenvalue weighted by Gasteiger charge is 2.39. The Kier molecular flexibility index (Phi) is 4.90. The Balaban J connectivity index is 1.74. The number of benzene rings is 1. The molecule has 2 heterocycles. The highest BCUT2D eigenvalue weighted by molar-refractivity contribution is 5.93. The van der Waals surface area contributed by atoms with E-state index >= 15 is 0 Å². The molecule has 1 saturated heterocycles. The monoisotopic (exact) mass is 343 g/mol. The molecule has 3 rings (SSSR count). The smallest absolute Gasteiger partial charge is 0.305 e. The molecule has 1 amide bonds. The van der Waals surface area contributed by atoms with Crippen LogP contribution in [0.3, 0.4) is 0 Å². The van der Waals surface area contributed by atoms with Crippen LogP contribution in [0.2, 0.25) is 0 Å². The van der Waals surface area contributed by atoms with Crippen molar-refractivity contribution in [2.75, 3.05) is 13.2 Å².